The number of rotatable bonds is 20. The van der Waals surface area contributed by atoms with Crippen LogP contribution in [0, 0.1) is 18.3 Å². The van der Waals surface area contributed by atoms with E-state index in [9.17, 15) is 33.9 Å². The van der Waals surface area contributed by atoms with Gasteiger partial charge in [0.1, 0.15) is 24.2 Å². The molecule has 2 aromatic carbocycles. The Morgan fingerprint density at radius 1 is 1.10 bits per heavy atom. The fraction of sp³-hybridized carbons (Fsp3) is 0.382. The molecule has 0 unspecified atom stereocenters. The van der Waals surface area contributed by atoms with Gasteiger partial charge in [-0.15, -0.1) is 6.42 Å². The standard InChI is InChI=1S/C34H39N5O8S2/c1-4-14-39(20-23-5-10-28-27(19-23)32(44)38-34(35)37-28)25-8-6-24(7-9-25)31(43)36-29(33(45)46)11-12-30(42)47-15-17-49-48-16-13-26(41)18-21(2)22(3)40/h1,5-10,19,21,29H,11-18,20H2,2-3H3,(H,36,43)(H,45,46)(H3,35,37,38,44)/t21-,29+/m1/s1. The number of hydrogen-bond donors (Lipinski definition) is 4. The maximum Gasteiger partial charge on any atom is 0.326 e. The maximum absolute atomic E-state index is 12.9. The summed E-state index contributed by atoms with van der Waals surface area (Å²) in [7, 11) is 2.91. The van der Waals surface area contributed by atoms with E-state index >= 15 is 0 Å². The molecule has 0 fully saturated rings. The van der Waals surface area contributed by atoms with Gasteiger partial charge in [-0.3, -0.25) is 29.0 Å². The molecule has 13 nitrogen and oxygen atoms in total. The van der Waals surface area contributed by atoms with Gasteiger partial charge in [0.25, 0.3) is 11.5 Å². The molecule has 260 valence electrons. The maximum atomic E-state index is 12.9. The highest BCUT2D eigenvalue weighted by atomic mass is 33.1. The molecule has 3 rings (SSSR count). The molecule has 0 aliphatic rings. The van der Waals surface area contributed by atoms with Crippen LogP contribution in [0.3, 0.4) is 0 Å². The first-order valence-corrected chi connectivity index (χ1v) is 17.9. The first kappa shape index (κ1) is 38.6. The predicted molar refractivity (Wildman–Crippen MR) is 191 cm³/mol. The summed E-state index contributed by atoms with van der Waals surface area (Å²) in [5.41, 5.74) is 7.43. The highest BCUT2D eigenvalue weighted by Crippen LogP contribution is 2.23. The van der Waals surface area contributed by atoms with Gasteiger partial charge >= 0.3 is 11.9 Å². The number of ether oxygens (including phenoxy) is 1. The number of anilines is 2. The first-order chi connectivity index (χ1) is 23.4. The second-order valence-corrected chi connectivity index (χ2v) is 13.9. The number of ketones is 2. The van der Waals surface area contributed by atoms with Crippen LogP contribution in [-0.4, -0.2) is 75.2 Å². The highest BCUT2D eigenvalue weighted by Gasteiger charge is 2.22. The second-order valence-electron chi connectivity index (χ2n) is 11.2. The molecular formula is C34H39N5O8S2. The van der Waals surface area contributed by atoms with Crippen molar-refractivity contribution in [2.45, 2.75) is 52.1 Å². The molecule has 1 aromatic heterocycles. The number of fused-ring (bicyclic) bond motifs is 1. The smallest absolute Gasteiger partial charge is 0.326 e. The van der Waals surface area contributed by atoms with E-state index in [1.54, 1.807) is 31.2 Å². The lowest BCUT2D eigenvalue weighted by molar-refractivity contribution is -0.144. The Kier molecular flexibility index (Phi) is 15.2. The summed E-state index contributed by atoms with van der Waals surface area (Å²) < 4.78 is 5.17. The van der Waals surface area contributed by atoms with Crippen molar-refractivity contribution in [3.63, 3.8) is 0 Å². The molecule has 1 heterocycles. The van der Waals surface area contributed by atoms with Crippen molar-refractivity contribution >= 4 is 73.5 Å². The summed E-state index contributed by atoms with van der Waals surface area (Å²) in [5, 5.41) is 12.5. The van der Waals surface area contributed by atoms with E-state index in [2.05, 4.69) is 21.2 Å². The van der Waals surface area contributed by atoms with Crippen molar-refractivity contribution < 1.29 is 33.8 Å². The lowest BCUT2D eigenvalue weighted by atomic mass is 10.00. The molecule has 1 amide bonds. The Bertz CT molecular complexity index is 1760. The predicted octanol–water partition coefficient (Wildman–Crippen LogP) is 3.61. The number of nitrogens with one attached hydrogen (secondary N) is 2. The quantitative estimate of drug-likeness (QED) is 0.0574. The highest BCUT2D eigenvalue weighted by molar-refractivity contribution is 8.76. The topological polar surface area (TPSA) is 202 Å². The number of nitrogen functional groups attached to an aromatic ring is 1. The van der Waals surface area contributed by atoms with Gasteiger partial charge in [0.2, 0.25) is 5.95 Å². The minimum Gasteiger partial charge on any atom is -0.480 e. The summed E-state index contributed by atoms with van der Waals surface area (Å²) in [6, 6.07) is 10.3. The molecule has 0 aliphatic heterocycles. The van der Waals surface area contributed by atoms with Crippen molar-refractivity contribution in [3.8, 4) is 12.3 Å². The van der Waals surface area contributed by atoms with Gasteiger partial charge in [-0.25, -0.2) is 9.78 Å². The Labute approximate surface area is 291 Å². The van der Waals surface area contributed by atoms with E-state index in [1.165, 1.54) is 40.6 Å². The summed E-state index contributed by atoms with van der Waals surface area (Å²) >= 11 is 0. The van der Waals surface area contributed by atoms with Gasteiger partial charge in [-0.05, 0) is 55.3 Å². The van der Waals surface area contributed by atoms with Crippen molar-refractivity contribution in [3.05, 3.63) is 63.9 Å². The SMILES string of the molecule is C#CCN(Cc1ccc2nc(N)[nH]c(=O)c2c1)c1ccc(C(=O)N[C@@H](CCC(=O)OCCSSCCC(=O)C[C@@H](C)C(C)=O)C(=O)O)cc1. The van der Waals surface area contributed by atoms with Gasteiger partial charge in [-0.2, -0.15) is 0 Å². The Morgan fingerprint density at radius 2 is 1.82 bits per heavy atom. The second kappa shape index (κ2) is 19.3. The monoisotopic (exact) mass is 709 g/mol. The lowest BCUT2D eigenvalue weighted by Crippen LogP contribution is -2.41. The van der Waals surface area contributed by atoms with Crippen molar-refractivity contribution in [2.24, 2.45) is 5.92 Å². The van der Waals surface area contributed by atoms with Crippen LogP contribution >= 0.6 is 21.6 Å². The van der Waals surface area contributed by atoms with Crippen molar-refractivity contribution in [1.29, 1.82) is 0 Å². The number of esters is 1. The van der Waals surface area contributed by atoms with E-state index in [-0.39, 0.29) is 67.0 Å². The third kappa shape index (κ3) is 12.6. The average Bonchev–Trinajstić information content (AvgIpc) is 3.05. The van der Waals surface area contributed by atoms with Crippen LogP contribution in [0.1, 0.15) is 55.5 Å². The number of carboxylic acid groups (broad SMARTS) is 1. The van der Waals surface area contributed by atoms with Crippen LogP contribution < -0.4 is 21.5 Å². The van der Waals surface area contributed by atoms with Crippen LogP contribution in [0.25, 0.3) is 10.9 Å². The number of amides is 1. The molecule has 49 heavy (non-hydrogen) atoms. The molecule has 0 aliphatic carbocycles. The largest absolute Gasteiger partial charge is 0.480 e. The van der Waals surface area contributed by atoms with Crippen LogP contribution in [0.2, 0.25) is 0 Å². The molecule has 2 atom stereocenters. The molecule has 0 saturated heterocycles. The zero-order valence-corrected chi connectivity index (χ0v) is 28.9. The number of aromatic amines is 1. The molecule has 5 N–H and O–H groups in total. The molecule has 0 bridgehead atoms. The first-order valence-electron chi connectivity index (χ1n) is 15.4. The average molecular weight is 710 g/mol. The Morgan fingerprint density at radius 3 is 2.49 bits per heavy atom. The molecule has 3 aromatic rings. The molecule has 15 heteroatoms. The number of H-pyrrole nitrogens is 1. The van der Waals surface area contributed by atoms with E-state index in [0.29, 0.717) is 41.1 Å². The van der Waals surface area contributed by atoms with Crippen LogP contribution in [0.5, 0.6) is 0 Å². The number of Topliss-reactive ketones (excluding diaryl/α,β-unsaturated/α-hetero) is 2. The number of aromatic nitrogens is 2. The summed E-state index contributed by atoms with van der Waals surface area (Å²) in [5.74, 6) is 0.941. The molecule has 0 saturated carbocycles. The van der Waals surface area contributed by atoms with Crippen LogP contribution in [0.4, 0.5) is 11.6 Å². The van der Waals surface area contributed by atoms with Crippen molar-refractivity contribution in [1.82, 2.24) is 15.3 Å². The molecule has 0 spiro atoms. The zero-order chi connectivity index (χ0) is 35.9. The van der Waals surface area contributed by atoms with Gasteiger partial charge in [0.05, 0.1) is 17.4 Å². The number of hydrogen-bond acceptors (Lipinski definition) is 12. The van der Waals surface area contributed by atoms with E-state index in [0.717, 1.165) is 5.56 Å². The number of aliphatic carboxylic acids is 1. The Balaban J connectivity index is 1.45. The third-order valence-corrected chi connectivity index (χ3v) is 9.75. The number of nitrogens with zero attached hydrogens (tertiary/aromatic N) is 2. The lowest BCUT2D eigenvalue weighted by Gasteiger charge is -2.23. The van der Waals surface area contributed by atoms with E-state index < -0.39 is 23.9 Å². The zero-order valence-electron chi connectivity index (χ0n) is 27.2. The molecular weight excluding hydrogens is 671 g/mol. The molecule has 0 radical (unpaired) electrons. The fourth-order valence-corrected chi connectivity index (χ4v) is 6.44. The fourth-order valence-electron chi connectivity index (χ4n) is 4.58. The third-order valence-electron chi connectivity index (χ3n) is 7.38. The number of nitrogens with two attached hydrogens (primary N) is 1. The van der Waals surface area contributed by atoms with E-state index in [4.69, 9.17) is 16.9 Å². The van der Waals surface area contributed by atoms with Crippen LogP contribution in [-0.2, 0) is 30.5 Å². The normalized spacial score (nSPS) is 12.0. The van der Waals surface area contributed by atoms with Gasteiger partial charge in [0, 0.05) is 54.5 Å². The number of carboxylic acids is 1. The van der Waals surface area contributed by atoms with Gasteiger partial charge < -0.3 is 25.8 Å². The minimum atomic E-state index is -1.31. The summed E-state index contributed by atoms with van der Waals surface area (Å²) in [4.78, 5) is 80.8. The number of carbonyl (C=O) groups excluding carboxylic acids is 4. The number of terminal acetylenes is 1. The number of benzene rings is 2. The van der Waals surface area contributed by atoms with Gasteiger partial charge in [-0.1, -0.05) is 40.5 Å². The van der Waals surface area contributed by atoms with Crippen molar-refractivity contribution in [2.75, 3.05) is 35.3 Å². The number of carbonyl (C=O) groups is 5. The minimum absolute atomic E-state index is 0.00853. The van der Waals surface area contributed by atoms with Gasteiger partial charge in [0.15, 0.2) is 0 Å². The van der Waals surface area contributed by atoms with E-state index in [1.807, 2.05) is 11.0 Å². The van der Waals surface area contributed by atoms with Crippen LogP contribution in [0.15, 0.2) is 47.3 Å². The Hall–Kier alpha value is -4.81. The summed E-state index contributed by atoms with van der Waals surface area (Å²) in [6.45, 7) is 3.91. The summed E-state index contributed by atoms with van der Waals surface area (Å²) in [6.07, 6.45) is 5.83.